The smallest absolute Gasteiger partial charge is 0.217 e. The fourth-order valence-corrected chi connectivity index (χ4v) is 3.63. The molecule has 0 saturated carbocycles. The van der Waals surface area contributed by atoms with Gasteiger partial charge in [0.25, 0.3) is 0 Å². The molecule has 6 heteroatoms. The summed E-state index contributed by atoms with van der Waals surface area (Å²) < 4.78 is 24.7. The monoisotopic (exact) mass is 296 g/mol. The largest absolute Gasteiger partial charge is 0.347 e. The molecule has 1 aromatic rings. The molecule has 1 amide bonds. The van der Waals surface area contributed by atoms with Gasteiger partial charge in [-0.1, -0.05) is 30.3 Å². The number of benzene rings is 1. The van der Waals surface area contributed by atoms with E-state index in [0.29, 0.717) is 25.9 Å². The zero-order chi connectivity index (χ0) is 14.8. The minimum Gasteiger partial charge on any atom is -0.347 e. The van der Waals surface area contributed by atoms with Crippen LogP contribution in [0.4, 0.5) is 0 Å². The summed E-state index contributed by atoms with van der Waals surface area (Å²) >= 11 is 0. The Bertz CT molecular complexity index is 576. The van der Waals surface area contributed by atoms with E-state index in [1.54, 1.807) is 0 Å². The van der Waals surface area contributed by atoms with Gasteiger partial charge in [0.2, 0.25) is 15.9 Å². The molecule has 1 aliphatic rings. The van der Waals surface area contributed by atoms with Gasteiger partial charge in [-0.3, -0.25) is 4.79 Å². The Morgan fingerprint density at radius 3 is 2.20 bits per heavy atom. The van der Waals surface area contributed by atoms with E-state index in [9.17, 15) is 13.2 Å². The Labute approximate surface area is 120 Å². The van der Waals surface area contributed by atoms with Gasteiger partial charge in [-0.05, 0) is 18.4 Å². The van der Waals surface area contributed by atoms with Crippen LogP contribution >= 0.6 is 0 Å². The van der Waals surface area contributed by atoms with E-state index >= 15 is 0 Å². The molecular formula is C14H20N2O3S. The first-order chi connectivity index (χ1) is 9.33. The second kappa shape index (κ2) is 5.54. The number of nitrogens with one attached hydrogen (secondary N) is 1. The topological polar surface area (TPSA) is 66.5 Å². The van der Waals surface area contributed by atoms with E-state index in [1.165, 1.54) is 17.5 Å². The van der Waals surface area contributed by atoms with Gasteiger partial charge in [0.1, 0.15) is 0 Å². The molecule has 1 heterocycles. The van der Waals surface area contributed by atoms with Crippen molar-refractivity contribution in [1.82, 2.24) is 9.62 Å². The predicted octanol–water partition coefficient (Wildman–Crippen LogP) is 1.07. The summed E-state index contributed by atoms with van der Waals surface area (Å²) in [6.07, 6.45) is 2.40. The van der Waals surface area contributed by atoms with Crippen molar-refractivity contribution in [3.8, 4) is 0 Å². The van der Waals surface area contributed by atoms with Gasteiger partial charge < -0.3 is 5.32 Å². The molecule has 1 N–H and O–H groups in total. The average molecular weight is 296 g/mol. The van der Waals surface area contributed by atoms with E-state index in [0.717, 1.165) is 5.56 Å². The molecule has 0 unspecified atom stereocenters. The Hall–Kier alpha value is -1.40. The second-order valence-electron chi connectivity index (χ2n) is 5.29. The van der Waals surface area contributed by atoms with Crippen LogP contribution in [0.3, 0.4) is 0 Å². The molecule has 2 rings (SSSR count). The summed E-state index contributed by atoms with van der Waals surface area (Å²) in [6, 6.07) is 9.75. The Balaban J connectivity index is 2.26. The van der Waals surface area contributed by atoms with Crippen molar-refractivity contribution in [2.45, 2.75) is 25.3 Å². The fourth-order valence-electron chi connectivity index (χ4n) is 2.78. The highest BCUT2D eigenvalue weighted by Crippen LogP contribution is 2.33. The number of carbonyl (C=O) groups is 1. The number of hydrogen-bond donors (Lipinski definition) is 1. The number of hydrogen-bond acceptors (Lipinski definition) is 3. The normalized spacial score (nSPS) is 19.5. The van der Waals surface area contributed by atoms with E-state index < -0.39 is 15.6 Å². The first-order valence-corrected chi connectivity index (χ1v) is 8.48. The lowest BCUT2D eigenvalue weighted by Gasteiger charge is -2.41. The molecule has 0 aliphatic carbocycles. The second-order valence-corrected chi connectivity index (χ2v) is 7.27. The van der Waals surface area contributed by atoms with Crippen LogP contribution in [0.2, 0.25) is 0 Å². The van der Waals surface area contributed by atoms with Crippen LogP contribution in [-0.4, -0.2) is 38.0 Å². The molecule has 110 valence electrons. The molecule has 1 aromatic carbocycles. The van der Waals surface area contributed by atoms with Gasteiger partial charge in [-0.25, -0.2) is 12.7 Å². The molecule has 0 bridgehead atoms. The fraction of sp³-hybridized carbons (Fsp3) is 0.500. The molecule has 0 spiro atoms. The molecule has 0 radical (unpaired) electrons. The number of piperidine rings is 1. The summed E-state index contributed by atoms with van der Waals surface area (Å²) in [5.41, 5.74) is 0.567. The predicted molar refractivity (Wildman–Crippen MR) is 77.6 cm³/mol. The van der Waals surface area contributed by atoms with Crippen LogP contribution in [0, 0.1) is 0 Å². The van der Waals surface area contributed by atoms with Crippen molar-refractivity contribution in [3.63, 3.8) is 0 Å². The quantitative estimate of drug-likeness (QED) is 0.907. The van der Waals surface area contributed by atoms with Gasteiger partial charge >= 0.3 is 0 Å². The molecule has 0 atom stereocenters. The third-order valence-electron chi connectivity index (χ3n) is 3.79. The number of sulfonamides is 1. The average Bonchev–Trinajstić information content (AvgIpc) is 2.38. The van der Waals surface area contributed by atoms with Gasteiger partial charge in [-0.15, -0.1) is 0 Å². The summed E-state index contributed by atoms with van der Waals surface area (Å²) in [6.45, 7) is 2.34. The van der Waals surface area contributed by atoms with E-state index in [-0.39, 0.29) is 5.91 Å². The van der Waals surface area contributed by atoms with Crippen molar-refractivity contribution in [2.75, 3.05) is 19.3 Å². The first-order valence-electron chi connectivity index (χ1n) is 6.63. The maximum atomic E-state index is 11.6. The van der Waals surface area contributed by atoms with Crippen molar-refractivity contribution >= 4 is 15.9 Å². The van der Waals surface area contributed by atoms with Crippen molar-refractivity contribution < 1.29 is 13.2 Å². The standard InChI is InChI=1S/C14H20N2O3S/c1-12(17)15-14(13-6-4-3-5-7-13)8-10-16(11-9-14)20(2,18)19/h3-7H,8-11H2,1-2H3,(H,15,17). The molecule has 20 heavy (non-hydrogen) atoms. The number of amides is 1. The van der Waals surface area contributed by atoms with Crippen LogP contribution in [0.15, 0.2) is 30.3 Å². The van der Waals surface area contributed by atoms with Gasteiger partial charge in [0.05, 0.1) is 11.8 Å². The summed E-state index contributed by atoms with van der Waals surface area (Å²) in [5.74, 6) is -0.0957. The molecule has 1 aliphatic heterocycles. The van der Waals surface area contributed by atoms with Crippen molar-refractivity contribution in [1.29, 1.82) is 0 Å². The minimum absolute atomic E-state index is 0.0957. The van der Waals surface area contributed by atoms with Crippen molar-refractivity contribution in [3.05, 3.63) is 35.9 Å². The first kappa shape index (κ1) is 15.0. The SMILES string of the molecule is CC(=O)NC1(c2ccccc2)CCN(S(C)(=O)=O)CC1. The molecule has 5 nitrogen and oxygen atoms in total. The van der Waals surface area contributed by atoms with Crippen LogP contribution in [0.25, 0.3) is 0 Å². The van der Waals surface area contributed by atoms with Crippen LogP contribution in [0.5, 0.6) is 0 Å². The maximum absolute atomic E-state index is 11.6. The Morgan fingerprint density at radius 2 is 1.75 bits per heavy atom. The number of carbonyl (C=O) groups excluding carboxylic acids is 1. The lowest BCUT2D eigenvalue weighted by Crippen LogP contribution is -2.53. The van der Waals surface area contributed by atoms with E-state index in [1.807, 2.05) is 30.3 Å². The highest BCUT2D eigenvalue weighted by atomic mass is 32.2. The highest BCUT2D eigenvalue weighted by Gasteiger charge is 2.38. The third kappa shape index (κ3) is 3.19. The molecule has 0 aromatic heterocycles. The Kier molecular flexibility index (Phi) is 4.15. The maximum Gasteiger partial charge on any atom is 0.217 e. The minimum atomic E-state index is -3.17. The van der Waals surface area contributed by atoms with Crippen LogP contribution < -0.4 is 5.32 Å². The van der Waals surface area contributed by atoms with Crippen LogP contribution in [-0.2, 0) is 20.4 Å². The summed E-state index contributed by atoms with van der Waals surface area (Å²) in [4.78, 5) is 11.5. The third-order valence-corrected chi connectivity index (χ3v) is 5.09. The van der Waals surface area contributed by atoms with E-state index in [4.69, 9.17) is 0 Å². The zero-order valence-electron chi connectivity index (χ0n) is 11.8. The number of rotatable bonds is 3. The van der Waals surface area contributed by atoms with Crippen LogP contribution in [0.1, 0.15) is 25.3 Å². The summed E-state index contributed by atoms with van der Waals surface area (Å²) in [5, 5.41) is 3.02. The van der Waals surface area contributed by atoms with Gasteiger partial charge in [0, 0.05) is 20.0 Å². The Morgan fingerprint density at radius 1 is 1.20 bits per heavy atom. The van der Waals surface area contributed by atoms with Gasteiger partial charge in [0.15, 0.2) is 0 Å². The molecule has 1 fully saturated rings. The van der Waals surface area contributed by atoms with Crippen molar-refractivity contribution in [2.24, 2.45) is 0 Å². The highest BCUT2D eigenvalue weighted by molar-refractivity contribution is 7.88. The lowest BCUT2D eigenvalue weighted by molar-refractivity contribution is -0.121. The lowest BCUT2D eigenvalue weighted by atomic mass is 9.81. The van der Waals surface area contributed by atoms with Gasteiger partial charge in [-0.2, -0.15) is 0 Å². The molecule has 1 saturated heterocycles. The summed E-state index contributed by atoms with van der Waals surface area (Å²) in [7, 11) is -3.17. The van der Waals surface area contributed by atoms with E-state index in [2.05, 4.69) is 5.32 Å². The molecular weight excluding hydrogens is 276 g/mol. The zero-order valence-corrected chi connectivity index (χ0v) is 12.6. The number of nitrogens with zero attached hydrogens (tertiary/aromatic N) is 1.